The Bertz CT molecular complexity index is 1060. The van der Waals surface area contributed by atoms with Gasteiger partial charge in [0, 0.05) is 0 Å². The molecule has 0 unspecified atom stereocenters. The lowest BCUT2D eigenvalue weighted by Gasteiger charge is -2.16. The molecule has 2 rings (SSSR count). The third-order valence-electron chi connectivity index (χ3n) is 4.50. The van der Waals surface area contributed by atoms with Gasteiger partial charge < -0.3 is 9.29 Å². The van der Waals surface area contributed by atoms with Gasteiger partial charge in [-0.1, -0.05) is 44.9 Å². The van der Waals surface area contributed by atoms with Gasteiger partial charge >= 0.3 is 10.1 Å². The molecule has 9 heteroatoms. The second-order valence-corrected chi connectivity index (χ2v) is 9.59. The van der Waals surface area contributed by atoms with Gasteiger partial charge in [-0.3, -0.25) is 4.55 Å². The molecule has 2 aromatic carbocycles. The van der Waals surface area contributed by atoms with E-state index < -0.39 is 35.8 Å². The van der Waals surface area contributed by atoms with Crippen LogP contribution < -0.4 is 4.18 Å². The quantitative estimate of drug-likeness (QED) is 0.420. The van der Waals surface area contributed by atoms with E-state index in [1.807, 2.05) is 13.0 Å². The first-order chi connectivity index (χ1) is 13.6. The van der Waals surface area contributed by atoms with E-state index in [2.05, 4.69) is 6.92 Å². The van der Waals surface area contributed by atoms with Crippen LogP contribution in [0.1, 0.15) is 50.7 Å². The van der Waals surface area contributed by atoms with Crippen LogP contribution in [0.2, 0.25) is 0 Å². The van der Waals surface area contributed by atoms with Crippen LogP contribution in [-0.4, -0.2) is 26.5 Å². The summed E-state index contributed by atoms with van der Waals surface area (Å²) in [5, 5.41) is 10.0. The van der Waals surface area contributed by atoms with Crippen molar-refractivity contribution < 1.29 is 30.7 Å². The maximum atomic E-state index is 12.9. The van der Waals surface area contributed by atoms with E-state index >= 15 is 0 Å². The largest absolute Gasteiger partial charge is 0.506 e. The van der Waals surface area contributed by atoms with Gasteiger partial charge in [0.05, 0.1) is 0 Å². The molecule has 0 aliphatic heterocycles. The van der Waals surface area contributed by atoms with E-state index in [0.717, 1.165) is 61.4 Å². The fraction of sp³-hybridized carbons (Fsp3) is 0.400. The number of benzene rings is 2. The minimum atomic E-state index is -4.90. The number of phenolic OH excluding ortho intramolecular Hbond substituents is 1. The Hall–Kier alpha value is -2.10. The molecule has 0 fully saturated rings. The van der Waals surface area contributed by atoms with Crippen molar-refractivity contribution in [3.05, 3.63) is 47.5 Å². The molecule has 0 radical (unpaired) electrons. The number of aryl methyl sites for hydroxylation is 1. The molecule has 0 aromatic heterocycles. The second-order valence-electron chi connectivity index (χ2n) is 6.72. The summed E-state index contributed by atoms with van der Waals surface area (Å²) in [5.41, 5.74) is 1.72. The lowest BCUT2D eigenvalue weighted by Crippen LogP contribution is -2.16. The highest BCUT2D eigenvalue weighted by atomic mass is 32.2. The van der Waals surface area contributed by atoms with E-state index in [9.17, 15) is 26.5 Å². The molecule has 0 aliphatic carbocycles. The van der Waals surface area contributed by atoms with Crippen LogP contribution in [0.25, 0.3) is 0 Å². The molecule has 0 amide bonds. The molecular weight excluding hydrogens is 416 g/mol. The van der Waals surface area contributed by atoms with Gasteiger partial charge in [0.15, 0.2) is 4.90 Å². The molecule has 7 nitrogen and oxygen atoms in total. The normalized spacial score (nSPS) is 12.1. The highest BCUT2D eigenvalue weighted by molar-refractivity contribution is 7.89. The van der Waals surface area contributed by atoms with Crippen molar-refractivity contribution in [1.82, 2.24) is 0 Å². The first-order valence-electron chi connectivity index (χ1n) is 9.46. The van der Waals surface area contributed by atoms with Gasteiger partial charge in [0.2, 0.25) is 0 Å². The smallest absolute Gasteiger partial charge is 0.344 e. The van der Waals surface area contributed by atoms with Crippen molar-refractivity contribution in [3.8, 4) is 11.5 Å². The highest BCUT2D eigenvalue weighted by Gasteiger charge is 2.31. The molecule has 29 heavy (non-hydrogen) atoms. The summed E-state index contributed by atoms with van der Waals surface area (Å²) in [5.74, 6) is -0.728. The van der Waals surface area contributed by atoms with Crippen LogP contribution in [0.5, 0.6) is 11.5 Å². The SMILES string of the molecule is CCCCc1cccc(OS(=O)(=O)c2c(O)cccc2S(=O)(=O)O)c1CCCC. The van der Waals surface area contributed by atoms with Crippen LogP contribution in [-0.2, 0) is 33.1 Å². The summed E-state index contributed by atoms with van der Waals surface area (Å²) in [6.07, 6.45) is 5.01. The van der Waals surface area contributed by atoms with Crippen molar-refractivity contribution in [3.63, 3.8) is 0 Å². The second kappa shape index (κ2) is 9.60. The van der Waals surface area contributed by atoms with Crippen LogP contribution >= 0.6 is 0 Å². The first kappa shape index (κ1) is 23.2. The molecule has 2 N–H and O–H groups in total. The van der Waals surface area contributed by atoms with Gasteiger partial charge in [-0.25, -0.2) is 0 Å². The Morgan fingerprint density at radius 1 is 0.897 bits per heavy atom. The highest BCUT2D eigenvalue weighted by Crippen LogP contribution is 2.34. The molecule has 0 spiro atoms. The van der Waals surface area contributed by atoms with Crippen LogP contribution in [0, 0.1) is 0 Å². The fourth-order valence-corrected chi connectivity index (χ4v) is 5.37. The zero-order valence-electron chi connectivity index (χ0n) is 16.5. The zero-order valence-corrected chi connectivity index (χ0v) is 18.1. The minimum Gasteiger partial charge on any atom is -0.506 e. The number of hydrogen-bond donors (Lipinski definition) is 2. The van der Waals surface area contributed by atoms with Gasteiger partial charge in [0.1, 0.15) is 16.4 Å². The Balaban J connectivity index is 2.56. The topological polar surface area (TPSA) is 118 Å². The zero-order chi connectivity index (χ0) is 21.7. The Morgan fingerprint density at radius 3 is 2.14 bits per heavy atom. The first-order valence-corrected chi connectivity index (χ1v) is 12.3. The lowest BCUT2D eigenvalue weighted by atomic mass is 9.97. The van der Waals surface area contributed by atoms with Gasteiger partial charge in [-0.05, 0) is 55.0 Å². The molecular formula is C20H26O7S2. The Kier molecular flexibility index (Phi) is 7.67. The van der Waals surface area contributed by atoms with Crippen molar-refractivity contribution >= 4 is 20.2 Å². The van der Waals surface area contributed by atoms with Crippen LogP contribution in [0.4, 0.5) is 0 Å². The molecule has 0 atom stereocenters. The maximum absolute atomic E-state index is 12.9. The monoisotopic (exact) mass is 442 g/mol. The molecule has 0 bridgehead atoms. The van der Waals surface area contributed by atoms with E-state index in [1.54, 1.807) is 6.07 Å². The fourth-order valence-electron chi connectivity index (χ4n) is 3.05. The number of hydrogen-bond acceptors (Lipinski definition) is 6. The standard InChI is InChI=1S/C20H26O7S2/c1-3-5-9-15-10-7-13-18(16(15)11-6-4-2)27-29(25,26)20-17(21)12-8-14-19(20)28(22,23)24/h7-8,10,12-14,21H,3-6,9,11H2,1-2H3,(H,22,23,24). The summed E-state index contributed by atoms with van der Waals surface area (Å²) in [6, 6.07) is 8.13. The summed E-state index contributed by atoms with van der Waals surface area (Å²) in [4.78, 5) is -1.92. The van der Waals surface area contributed by atoms with Gasteiger partial charge in [-0.15, -0.1) is 0 Å². The third kappa shape index (κ3) is 5.71. The number of rotatable bonds is 10. The minimum absolute atomic E-state index is 0.0941. The summed E-state index contributed by atoms with van der Waals surface area (Å²) < 4.78 is 63.7. The van der Waals surface area contributed by atoms with E-state index in [1.165, 1.54) is 6.07 Å². The number of phenols is 1. The summed E-state index contributed by atoms with van der Waals surface area (Å²) in [7, 11) is -9.63. The van der Waals surface area contributed by atoms with E-state index in [0.29, 0.717) is 6.42 Å². The molecule has 0 aliphatic rings. The summed E-state index contributed by atoms with van der Waals surface area (Å²) in [6.45, 7) is 4.08. The van der Waals surface area contributed by atoms with Crippen molar-refractivity contribution in [2.75, 3.05) is 0 Å². The van der Waals surface area contributed by atoms with Crippen LogP contribution in [0.3, 0.4) is 0 Å². The molecule has 0 saturated carbocycles. The van der Waals surface area contributed by atoms with Crippen LogP contribution in [0.15, 0.2) is 46.2 Å². The van der Waals surface area contributed by atoms with E-state index in [4.69, 9.17) is 4.18 Å². The average molecular weight is 443 g/mol. The van der Waals surface area contributed by atoms with Gasteiger partial charge in [0.25, 0.3) is 10.1 Å². The van der Waals surface area contributed by atoms with Crippen molar-refractivity contribution in [1.29, 1.82) is 0 Å². The molecule has 2 aromatic rings. The Morgan fingerprint density at radius 2 is 1.52 bits per heavy atom. The average Bonchev–Trinajstić information content (AvgIpc) is 2.64. The predicted molar refractivity (Wildman–Crippen MR) is 109 cm³/mol. The Labute approximate surface area is 172 Å². The summed E-state index contributed by atoms with van der Waals surface area (Å²) >= 11 is 0. The molecule has 0 saturated heterocycles. The van der Waals surface area contributed by atoms with Crippen molar-refractivity contribution in [2.24, 2.45) is 0 Å². The lowest BCUT2D eigenvalue weighted by molar-refractivity contribution is 0.431. The third-order valence-corrected chi connectivity index (χ3v) is 6.85. The predicted octanol–water partition coefficient (Wildman–Crippen LogP) is 4.09. The number of aromatic hydroxyl groups is 1. The van der Waals surface area contributed by atoms with E-state index in [-0.39, 0.29) is 5.75 Å². The molecule has 0 heterocycles. The number of unbranched alkanes of at least 4 members (excludes halogenated alkanes) is 2. The van der Waals surface area contributed by atoms with Gasteiger partial charge in [-0.2, -0.15) is 16.8 Å². The van der Waals surface area contributed by atoms with Crippen molar-refractivity contribution in [2.45, 2.75) is 62.2 Å². The molecule has 160 valence electrons. The maximum Gasteiger partial charge on any atom is 0.344 e.